The lowest BCUT2D eigenvalue weighted by atomic mass is 9.65. The van der Waals surface area contributed by atoms with E-state index >= 15 is 0 Å². The van der Waals surface area contributed by atoms with Gasteiger partial charge in [-0.15, -0.1) is 0 Å². The van der Waals surface area contributed by atoms with Gasteiger partial charge in [0.1, 0.15) is 11.2 Å². The molecule has 8 aromatic carbocycles. The molecule has 9 aromatic rings. The van der Waals surface area contributed by atoms with Crippen LogP contribution in [0.5, 0.6) is 0 Å². The van der Waals surface area contributed by atoms with Crippen molar-refractivity contribution in [1.82, 2.24) is 0 Å². The summed E-state index contributed by atoms with van der Waals surface area (Å²) in [6.07, 6.45) is 0. The molecule has 0 atom stereocenters. The van der Waals surface area contributed by atoms with E-state index in [-0.39, 0.29) is 10.8 Å². The molecular weight excluding hydrogens is 631 g/mol. The second kappa shape index (κ2) is 10.2. The van der Waals surface area contributed by atoms with Gasteiger partial charge in [-0.1, -0.05) is 131 Å². The summed E-state index contributed by atoms with van der Waals surface area (Å²) in [6, 6.07) is 56.1. The summed E-state index contributed by atoms with van der Waals surface area (Å²) in [5.74, 6) is 0. The standard InChI is InChI=1S/C50H37NO/c1-49(2)40-27-36(34-19-17-30-11-5-7-13-32(30)25-34)21-23-43(40)51-44-24-22-37(35-20-18-31-12-6-8-14-33(31)26-35)28-41(44)50(3,4)46-47(51)42(49)29-39-38-15-9-10-16-45(38)52-48(39)46/h5-29H,1-4H3. The Kier molecular flexibility index (Phi) is 5.83. The van der Waals surface area contributed by atoms with Crippen molar-refractivity contribution < 1.29 is 4.42 Å². The summed E-state index contributed by atoms with van der Waals surface area (Å²) in [4.78, 5) is 2.55. The Balaban J connectivity index is 1.19. The zero-order chi connectivity index (χ0) is 34.9. The zero-order valence-corrected chi connectivity index (χ0v) is 29.8. The van der Waals surface area contributed by atoms with Crippen molar-refractivity contribution in [3.05, 3.63) is 174 Å². The number of fused-ring (bicyclic) bond motifs is 10. The molecule has 0 radical (unpaired) electrons. The first-order chi connectivity index (χ1) is 25.3. The second-order valence-electron chi connectivity index (χ2n) is 15.8. The van der Waals surface area contributed by atoms with Gasteiger partial charge in [0.25, 0.3) is 0 Å². The minimum atomic E-state index is -0.339. The number of hydrogen-bond donors (Lipinski definition) is 0. The minimum Gasteiger partial charge on any atom is -0.456 e. The van der Waals surface area contributed by atoms with Gasteiger partial charge in [-0.3, -0.25) is 0 Å². The van der Waals surface area contributed by atoms with E-state index in [1.165, 1.54) is 93.9 Å². The maximum atomic E-state index is 6.88. The predicted molar refractivity (Wildman–Crippen MR) is 219 cm³/mol. The van der Waals surface area contributed by atoms with Crippen LogP contribution in [0.25, 0.3) is 65.7 Å². The molecule has 2 heteroatoms. The summed E-state index contributed by atoms with van der Waals surface area (Å²) < 4.78 is 6.88. The molecule has 0 bridgehead atoms. The lowest BCUT2D eigenvalue weighted by Crippen LogP contribution is -2.38. The fourth-order valence-electron chi connectivity index (χ4n) is 9.35. The molecule has 0 amide bonds. The van der Waals surface area contributed by atoms with Crippen LogP contribution in [0.1, 0.15) is 49.9 Å². The quantitative estimate of drug-likeness (QED) is 0.182. The molecule has 3 heterocycles. The fourth-order valence-corrected chi connectivity index (χ4v) is 9.35. The highest BCUT2D eigenvalue weighted by molar-refractivity contribution is 6.11. The van der Waals surface area contributed by atoms with Crippen molar-refractivity contribution in [3.8, 4) is 22.3 Å². The Morgan fingerprint density at radius 3 is 1.54 bits per heavy atom. The van der Waals surface area contributed by atoms with Crippen molar-refractivity contribution >= 4 is 60.5 Å². The molecule has 248 valence electrons. The Morgan fingerprint density at radius 2 is 0.923 bits per heavy atom. The van der Waals surface area contributed by atoms with Crippen molar-refractivity contribution in [1.29, 1.82) is 0 Å². The summed E-state index contributed by atoms with van der Waals surface area (Å²) >= 11 is 0. The number of hydrogen-bond acceptors (Lipinski definition) is 2. The molecule has 11 rings (SSSR count). The average molecular weight is 668 g/mol. The van der Waals surface area contributed by atoms with E-state index in [0.717, 1.165) is 11.2 Å². The van der Waals surface area contributed by atoms with Crippen LogP contribution in [-0.2, 0) is 10.8 Å². The Labute approximate surface area is 303 Å². The van der Waals surface area contributed by atoms with Crippen LogP contribution in [0.15, 0.2) is 156 Å². The van der Waals surface area contributed by atoms with Gasteiger partial charge in [0.05, 0.1) is 17.1 Å². The van der Waals surface area contributed by atoms with Gasteiger partial charge in [0.2, 0.25) is 0 Å². The van der Waals surface area contributed by atoms with E-state index < -0.39 is 0 Å². The van der Waals surface area contributed by atoms with Gasteiger partial charge < -0.3 is 9.32 Å². The van der Waals surface area contributed by atoms with Crippen molar-refractivity contribution in [2.75, 3.05) is 4.90 Å². The molecule has 0 spiro atoms. The molecule has 2 nitrogen and oxygen atoms in total. The SMILES string of the molecule is CC1(C)c2cc(-c3ccc4ccccc4c3)ccc2N2c3ccc(-c4ccc5ccccc5c4)cc3C(C)(C)c3c2c1cc1c3oc2ccccc21. The van der Waals surface area contributed by atoms with Crippen LogP contribution in [0.4, 0.5) is 17.1 Å². The third-order valence-electron chi connectivity index (χ3n) is 12.2. The zero-order valence-electron chi connectivity index (χ0n) is 29.8. The predicted octanol–water partition coefficient (Wildman–Crippen LogP) is 14.0. The number of nitrogens with zero attached hydrogens (tertiary/aromatic N) is 1. The van der Waals surface area contributed by atoms with Crippen molar-refractivity contribution in [3.63, 3.8) is 0 Å². The molecule has 0 fully saturated rings. The van der Waals surface area contributed by atoms with Crippen molar-refractivity contribution in [2.45, 2.75) is 38.5 Å². The fraction of sp³-hybridized carbons (Fsp3) is 0.120. The summed E-state index contributed by atoms with van der Waals surface area (Å²) in [7, 11) is 0. The molecule has 0 N–H and O–H groups in total. The summed E-state index contributed by atoms with van der Waals surface area (Å²) in [5, 5.41) is 7.39. The normalized spacial score (nSPS) is 15.2. The number of anilines is 3. The lowest BCUT2D eigenvalue weighted by molar-refractivity contribution is 0.583. The van der Waals surface area contributed by atoms with Gasteiger partial charge >= 0.3 is 0 Å². The van der Waals surface area contributed by atoms with E-state index in [0.29, 0.717) is 0 Å². The smallest absolute Gasteiger partial charge is 0.141 e. The molecule has 2 aliphatic heterocycles. The maximum Gasteiger partial charge on any atom is 0.141 e. The molecule has 52 heavy (non-hydrogen) atoms. The van der Waals surface area contributed by atoms with Crippen LogP contribution < -0.4 is 4.90 Å². The van der Waals surface area contributed by atoms with E-state index in [4.69, 9.17) is 4.42 Å². The second-order valence-corrected chi connectivity index (χ2v) is 15.8. The maximum absolute atomic E-state index is 6.88. The first-order valence-corrected chi connectivity index (χ1v) is 18.3. The van der Waals surface area contributed by atoms with Crippen LogP contribution in [-0.4, -0.2) is 0 Å². The molecule has 2 aliphatic rings. The third kappa shape index (κ3) is 3.95. The molecule has 0 aliphatic carbocycles. The third-order valence-corrected chi connectivity index (χ3v) is 12.2. The molecule has 1 aromatic heterocycles. The van der Waals surface area contributed by atoms with E-state index in [2.05, 4.69) is 184 Å². The van der Waals surface area contributed by atoms with Crippen molar-refractivity contribution in [2.24, 2.45) is 0 Å². The summed E-state index contributed by atoms with van der Waals surface area (Å²) in [6.45, 7) is 9.59. The van der Waals surface area contributed by atoms with Gasteiger partial charge in [-0.05, 0) is 109 Å². The lowest BCUT2D eigenvalue weighted by Gasteiger charge is -2.49. The highest BCUT2D eigenvalue weighted by atomic mass is 16.3. The van der Waals surface area contributed by atoms with Crippen LogP contribution in [0.2, 0.25) is 0 Å². The minimum absolute atomic E-state index is 0.270. The van der Waals surface area contributed by atoms with E-state index in [1.54, 1.807) is 0 Å². The number of benzene rings is 8. The largest absolute Gasteiger partial charge is 0.456 e. The topological polar surface area (TPSA) is 16.4 Å². The highest BCUT2D eigenvalue weighted by Gasteiger charge is 2.47. The van der Waals surface area contributed by atoms with Gasteiger partial charge in [-0.25, -0.2) is 0 Å². The highest BCUT2D eigenvalue weighted by Crippen LogP contribution is 2.62. The van der Waals surface area contributed by atoms with Crippen LogP contribution >= 0.6 is 0 Å². The molecule has 0 unspecified atom stereocenters. The number of furan rings is 1. The van der Waals surface area contributed by atoms with Gasteiger partial charge in [-0.2, -0.15) is 0 Å². The Morgan fingerprint density at radius 1 is 0.423 bits per heavy atom. The average Bonchev–Trinajstić information content (AvgIpc) is 3.55. The molecule has 0 saturated heterocycles. The number of rotatable bonds is 2. The first kappa shape index (κ1) is 29.6. The van der Waals surface area contributed by atoms with Crippen LogP contribution in [0, 0.1) is 0 Å². The first-order valence-electron chi connectivity index (χ1n) is 18.3. The Bertz CT molecular complexity index is 2960. The number of para-hydroxylation sites is 1. The van der Waals surface area contributed by atoms with E-state index in [9.17, 15) is 0 Å². The molecular formula is C50H37NO. The van der Waals surface area contributed by atoms with Crippen LogP contribution in [0.3, 0.4) is 0 Å². The van der Waals surface area contributed by atoms with Gasteiger partial charge in [0, 0.05) is 27.2 Å². The van der Waals surface area contributed by atoms with Gasteiger partial charge in [0.15, 0.2) is 0 Å². The monoisotopic (exact) mass is 667 g/mol. The van der Waals surface area contributed by atoms with E-state index in [1.807, 2.05) is 0 Å². The Hall–Kier alpha value is -6.12. The summed E-state index contributed by atoms with van der Waals surface area (Å²) in [5.41, 5.74) is 15.2. The molecule has 0 saturated carbocycles.